The van der Waals surface area contributed by atoms with Crippen molar-refractivity contribution in [2.75, 3.05) is 13.2 Å². The summed E-state index contributed by atoms with van der Waals surface area (Å²) in [5.74, 6) is 0.864. The molecular weight excluding hydrogens is 176 g/mol. The Bertz CT molecular complexity index is 316. The van der Waals surface area contributed by atoms with Gasteiger partial charge in [0.1, 0.15) is 5.75 Å². The van der Waals surface area contributed by atoms with Crippen molar-refractivity contribution in [3.05, 3.63) is 35.4 Å². The maximum atomic E-state index is 8.91. The van der Waals surface area contributed by atoms with Crippen LogP contribution in [0.2, 0.25) is 0 Å². The molecule has 2 heteroatoms. The molecule has 0 saturated carbocycles. The molecule has 0 aliphatic carbocycles. The largest absolute Gasteiger partial charge is 0.493 e. The summed E-state index contributed by atoms with van der Waals surface area (Å²) in [6.07, 6.45) is 1.94. The van der Waals surface area contributed by atoms with Gasteiger partial charge in [-0.2, -0.15) is 0 Å². The summed E-state index contributed by atoms with van der Waals surface area (Å²) in [7, 11) is 0. The van der Waals surface area contributed by atoms with Gasteiger partial charge in [0.2, 0.25) is 0 Å². The van der Waals surface area contributed by atoms with Crippen LogP contribution in [0.1, 0.15) is 19.4 Å². The lowest BCUT2D eigenvalue weighted by Crippen LogP contribution is -1.94. The van der Waals surface area contributed by atoms with Crippen LogP contribution in [-0.4, -0.2) is 18.3 Å². The predicted octanol–water partition coefficient (Wildman–Crippen LogP) is 2.48. The number of benzene rings is 1. The second-order valence-electron chi connectivity index (χ2n) is 3.12. The zero-order chi connectivity index (χ0) is 10.4. The summed E-state index contributed by atoms with van der Waals surface area (Å²) in [6.45, 7) is 4.59. The highest BCUT2D eigenvalue weighted by atomic mass is 16.5. The SMILES string of the molecule is CCOc1ccccc1C=C(C)CO. The van der Waals surface area contributed by atoms with E-state index >= 15 is 0 Å². The van der Waals surface area contributed by atoms with Crippen molar-refractivity contribution < 1.29 is 9.84 Å². The molecule has 0 bridgehead atoms. The number of ether oxygens (including phenoxy) is 1. The summed E-state index contributed by atoms with van der Waals surface area (Å²) >= 11 is 0. The van der Waals surface area contributed by atoms with Gasteiger partial charge in [-0.05, 0) is 25.5 Å². The van der Waals surface area contributed by atoms with Crippen LogP contribution in [0.5, 0.6) is 5.75 Å². The molecule has 14 heavy (non-hydrogen) atoms. The van der Waals surface area contributed by atoms with E-state index in [2.05, 4.69) is 0 Å². The van der Waals surface area contributed by atoms with Crippen LogP contribution < -0.4 is 4.74 Å². The van der Waals surface area contributed by atoms with Crippen molar-refractivity contribution >= 4 is 6.08 Å². The van der Waals surface area contributed by atoms with Gasteiger partial charge in [0.25, 0.3) is 0 Å². The minimum atomic E-state index is 0.0838. The first-order chi connectivity index (χ1) is 6.77. The maximum absolute atomic E-state index is 8.91. The van der Waals surface area contributed by atoms with E-state index in [1.54, 1.807) is 0 Å². The first kappa shape index (κ1) is 10.8. The lowest BCUT2D eigenvalue weighted by molar-refractivity contribution is 0.332. The Balaban J connectivity index is 2.95. The number of para-hydroxylation sites is 1. The van der Waals surface area contributed by atoms with Gasteiger partial charge in [-0.25, -0.2) is 0 Å². The fourth-order valence-electron chi connectivity index (χ4n) is 1.20. The molecule has 1 aromatic carbocycles. The van der Waals surface area contributed by atoms with E-state index in [1.165, 1.54) is 0 Å². The summed E-state index contributed by atoms with van der Waals surface area (Å²) in [5.41, 5.74) is 1.94. The van der Waals surface area contributed by atoms with E-state index in [1.807, 2.05) is 44.2 Å². The Labute approximate surface area is 84.8 Å². The molecule has 0 aliphatic heterocycles. The van der Waals surface area contributed by atoms with E-state index in [0.29, 0.717) is 6.61 Å². The average Bonchev–Trinajstić information content (AvgIpc) is 2.21. The fraction of sp³-hybridized carbons (Fsp3) is 0.333. The van der Waals surface area contributed by atoms with Gasteiger partial charge in [-0.15, -0.1) is 0 Å². The fourth-order valence-corrected chi connectivity index (χ4v) is 1.20. The smallest absolute Gasteiger partial charge is 0.126 e. The highest BCUT2D eigenvalue weighted by Crippen LogP contribution is 2.20. The third kappa shape index (κ3) is 2.89. The molecule has 0 atom stereocenters. The number of rotatable bonds is 4. The van der Waals surface area contributed by atoms with Crippen LogP contribution >= 0.6 is 0 Å². The van der Waals surface area contributed by atoms with Gasteiger partial charge in [-0.3, -0.25) is 0 Å². The van der Waals surface area contributed by atoms with Gasteiger partial charge < -0.3 is 9.84 Å². The van der Waals surface area contributed by atoms with E-state index in [0.717, 1.165) is 16.9 Å². The third-order valence-corrected chi connectivity index (χ3v) is 1.87. The van der Waals surface area contributed by atoms with Crippen molar-refractivity contribution in [2.24, 2.45) is 0 Å². The molecule has 0 aliphatic rings. The quantitative estimate of drug-likeness (QED) is 0.794. The molecule has 76 valence electrons. The topological polar surface area (TPSA) is 29.5 Å². The van der Waals surface area contributed by atoms with Crippen molar-refractivity contribution in [3.63, 3.8) is 0 Å². The predicted molar refractivity (Wildman–Crippen MR) is 58.3 cm³/mol. The van der Waals surface area contributed by atoms with Crippen LogP contribution in [0.4, 0.5) is 0 Å². The molecule has 1 N–H and O–H groups in total. The minimum Gasteiger partial charge on any atom is -0.493 e. The first-order valence-corrected chi connectivity index (χ1v) is 4.77. The number of hydrogen-bond acceptors (Lipinski definition) is 2. The van der Waals surface area contributed by atoms with Gasteiger partial charge in [0.15, 0.2) is 0 Å². The Morgan fingerprint density at radius 1 is 1.43 bits per heavy atom. The Morgan fingerprint density at radius 2 is 2.14 bits per heavy atom. The second kappa shape index (κ2) is 5.45. The lowest BCUT2D eigenvalue weighted by Gasteiger charge is -2.07. The standard InChI is InChI=1S/C12H16O2/c1-3-14-12-7-5-4-6-11(12)8-10(2)9-13/h4-8,13H,3,9H2,1-2H3. The number of aliphatic hydroxyl groups excluding tert-OH is 1. The van der Waals surface area contributed by atoms with Gasteiger partial charge in [0.05, 0.1) is 13.2 Å². The molecule has 2 nitrogen and oxygen atoms in total. The molecule has 0 unspecified atom stereocenters. The molecule has 0 saturated heterocycles. The van der Waals surface area contributed by atoms with Crippen molar-refractivity contribution in [3.8, 4) is 5.75 Å². The molecule has 0 spiro atoms. The van der Waals surface area contributed by atoms with E-state index in [-0.39, 0.29) is 6.61 Å². The Morgan fingerprint density at radius 3 is 2.79 bits per heavy atom. The van der Waals surface area contributed by atoms with Crippen LogP contribution in [0.3, 0.4) is 0 Å². The van der Waals surface area contributed by atoms with E-state index in [4.69, 9.17) is 9.84 Å². The molecule has 0 fully saturated rings. The average molecular weight is 192 g/mol. The third-order valence-electron chi connectivity index (χ3n) is 1.87. The van der Waals surface area contributed by atoms with Crippen molar-refractivity contribution in [2.45, 2.75) is 13.8 Å². The normalized spacial score (nSPS) is 11.5. The highest BCUT2D eigenvalue weighted by Gasteiger charge is 1.98. The summed E-state index contributed by atoms with van der Waals surface area (Å²) in [4.78, 5) is 0. The monoisotopic (exact) mass is 192 g/mol. The van der Waals surface area contributed by atoms with Gasteiger partial charge >= 0.3 is 0 Å². The van der Waals surface area contributed by atoms with Crippen LogP contribution in [0.25, 0.3) is 6.08 Å². The van der Waals surface area contributed by atoms with E-state index < -0.39 is 0 Å². The molecule has 1 rings (SSSR count). The summed E-state index contributed by atoms with van der Waals surface area (Å²) in [5, 5.41) is 8.91. The Kier molecular flexibility index (Phi) is 4.20. The summed E-state index contributed by atoms with van der Waals surface area (Å²) in [6, 6.07) is 7.81. The van der Waals surface area contributed by atoms with Gasteiger partial charge in [0, 0.05) is 5.56 Å². The zero-order valence-electron chi connectivity index (χ0n) is 8.66. The van der Waals surface area contributed by atoms with Crippen molar-refractivity contribution in [1.82, 2.24) is 0 Å². The molecule has 0 aromatic heterocycles. The van der Waals surface area contributed by atoms with Crippen molar-refractivity contribution in [1.29, 1.82) is 0 Å². The van der Waals surface area contributed by atoms with Crippen LogP contribution in [0, 0.1) is 0 Å². The lowest BCUT2D eigenvalue weighted by atomic mass is 10.1. The van der Waals surface area contributed by atoms with Gasteiger partial charge in [-0.1, -0.05) is 24.3 Å². The Hall–Kier alpha value is -1.28. The number of hydrogen-bond donors (Lipinski definition) is 1. The second-order valence-corrected chi connectivity index (χ2v) is 3.12. The van der Waals surface area contributed by atoms with Crippen LogP contribution in [-0.2, 0) is 0 Å². The molecule has 0 radical (unpaired) electrons. The molecule has 0 amide bonds. The van der Waals surface area contributed by atoms with E-state index in [9.17, 15) is 0 Å². The summed E-state index contributed by atoms with van der Waals surface area (Å²) < 4.78 is 5.46. The molecular formula is C12H16O2. The maximum Gasteiger partial charge on any atom is 0.126 e. The highest BCUT2D eigenvalue weighted by molar-refractivity contribution is 5.59. The minimum absolute atomic E-state index is 0.0838. The molecule has 1 aromatic rings. The zero-order valence-corrected chi connectivity index (χ0v) is 8.66. The molecule has 0 heterocycles. The first-order valence-electron chi connectivity index (χ1n) is 4.77. The van der Waals surface area contributed by atoms with Crippen LogP contribution in [0.15, 0.2) is 29.8 Å². The number of aliphatic hydroxyl groups is 1.